The largest absolute Gasteiger partial charge is 0.481 e. The molecule has 0 aliphatic carbocycles. The third-order valence-corrected chi connectivity index (χ3v) is 3.11. The lowest BCUT2D eigenvalue weighted by molar-refractivity contribution is -0.133. The molecule has 0 aliphatic rings. The number of carbonyl (C=O) groups is 1. The van der Waals surface area contributed by atoms with Gasteiger partial charge in [0.2, 0.25) is 11.7 Å². The molecule has 0 radical (unpaired) electrons. The third kappa shape index (κ3) is 2.86. The molecule has 0 unspecified atom stereocenters. The van der Waals surface area contributed by atoms with Crippen LogP contribution in [-0.4, -0.2) is 32.0 Å². The van der Waals surface area contributed by atoms with E-state index in [4.69, 9.17) is 9.63 Å². The first kappa shape index (κ1) is 12.6. The van der Waals surface area contributed by atoms with Crippen LogP contribution in [0.5, 0.6) is 0 Å². The number of aryl methyl sites for hydroxylation is 1. The first-order valence-electron chi connectivity index (χ1n) is 5.33. The highest BCUT2D eigenvalue weighted by Crippen LogP contribution is 2.27. The normalized spacial score (nSPS) is 10.5. The average molecular weight is 265 g/mol. The predicted molar refractivity (Wildman–Crippen MR) is 65.3 cm³/mol. The van der Waals surface area contributed by atoms with Gasteiger partial charge in [-0.1, -0.05) is 23.8 Å². The Morgan fingerprint density at radius 1 is 1.56 bits per heavy atom. The molecule has 0 spiro atoms. The van der Waals surface area contributed by atoms with Crippen molar-refractivity contribution < 1.29 is 14.4 Å². The molecule has 0 fully saturated rings. The maximum absolute atomic E-state index is 10.6. The smallest absolute Gasteiger partial charge is 0.313 e. The number of nitrogens with zero attached hydrogens (tertiary/aromatic N) is 3. The number of hydrogen-bond donors (Lipinski definition) is 1. The van der Waals surface area contributed by atoms with Crippen LogP contribution in [0.15, 0.2) is 27.9 Å². The second kappa shape index (κ2) is 5.63. The van der Waals surface area contributed by atoms with Gasteiger partial charge in [0.15, 0.2) is 0 Å². The summed E-state index contributed by atoms with van der Waals surface area (Å²) in [4.78, 5) is 18.9. The lowest BCUT2D eigenvalue weighted by Crippen LogP contribution is -1.99. The minimum absolute atomic E-state index is 0.0531. The van der Waals surface area contributed by atoms with E-state index in [0.717, 1.165) is 11.8 Å². The summed E-state index contributed by atoms with van der Waals surface area (Å²) in [6, 6.07) is 3.55. The van der Waals surface area contributed by atoms with Crippen molar-refractivity contribution in [2.45, 2.75) is 18.4 Å². The van der Waals surface area contributed by atoms with Crippen molar-refractivity contribution in [3.8, 4) is 11.4 Å². The van der Waals surface area contributed by atoms with Crippen molar-refractivity contribution in [3.63, 3.8) is 0 Å². The van der Waals surface area contributed by atoms with Gasteiger partial charge in [-0.05, 0) is 12.1 Å². The number of carboxylic acids is 1. The van der Waals surface area contributed by atoms with Crippen LogP contribution >= 0.6 is 11.8 Å². The summed E-state index contributed by atoms with van der Waals surface area (Å²) >= 11 is 1.13. The molecule has 94 valence electrons. The number of hydrogen-bond acceptors (Lipinski definition) is 6. The molecular weight excluding hydrogens is 254 g/mol. The molecule has 1 N–H and O–H groups in total. The SMILES string of the molecule is CCc1nc(-c2cccnc2SCC(=O)O)no1. The summed E-state index contributed by atoms with van der Waals surface area (Å²) < 4.78 is 5.03. The number of carboxylic acid groups (broad SMARTS) is 1. The average Bonchev–Trinajstić information content (AvgIpc) is 2.85. The van der Waals surface area contributed by atoms with Gasteiger partial charge in [-0.3, -0.25) is 4.79 Å². The number of thioether (sulfide) groups is 1. The molecule has 2 rings (SSSR count). The Labute approximate surface area is 107 Å². The van der Waals surface area contributed by atoms with Crippen LogP contribution in [0.1, 0.15) is 12.8 Å². The summed E-state index contributed by atoms with van der Waals surface area (Å²) in [6.07, 6.45) is 2.26. The lowest BCUT2D eigenvalue weighted by atomic mass is 10.3. The fourth-order valence-electron chi connectivity index (χ4n) is 1.31. The molecule has 0 saturated heterocycles. The van der Waals surface area contributed by atoms with Crippen molar-refractivity contribution >= 4 is 17.7 Å². The molecule has 0 saturated carbocycles. The number of rotatable bonds is 5. The predicted octanol–water partition coefficient (Wildman–Crippen LogP) is 1.87. The van der Waals surface area contributed by atoms with Crippen LogP contribution < -0.4 is 0 Å². The van der Waals surface area contributed by atoms with Gasteiger partial charge < -0.3 is 9.63 Å². The maximum Gasteiger partial charge on any atom is 0.313 e. The van der Waals surface area contributed by atoms with Crippen LogP contribution in [0, 0.1) is 0 Å². The number of pyridine rings is 1. The molecule has 6 nitrogen and oxygen atoms in total. The van der Waals surface area contributed by atoms with E-state index in [9.17, 15) is 4.79 Å². The van der Waals surface area contributed by atoms with E-state index >= 15 is 0 Å². The highest BCUT2D eigenvalue weighted by Gasteiger charge is 2.13. The number of aromatic nitrogens is 3. The fourth-order valence-corrected chi connectivity index (χ4v) is 2.02. The zero-order chi connectivity index (χ0) is 13.0. The van der Waals surface area contributed by atoms with E-state index in [2.05, 4.69) is 15.1 Å². The van der Waals surface area contributed by atoms with E-state index in [1.165, 1.54) is 0 Å². The van der Waals surface area contributed by atoms with Gasteiger partial charge in [0.1, 0.15) is 5.03 Å². The van der Waals surface area contributed by atoms with Crippen LogP contribution in [0.2, 0.25) is 0 Å². The zero-order valence-electron chi connectivity index (χ0n) is 9.66. The Kier molecular flexibility index (Phi) is 3.93. The molecular formula is C11H11N3O3S. The fraction of sp³-hybridized carbons (Fsp3) is 0.273. The molecule has 2 aromatic rings. The molecule has 0 atom stereocenters. The molecule has 18 heavy (non-hydrogen) atoms. The highest BCUT2D eigenvalue weighted by atomic mass is 32.2. The van der Waals surface area contributed by atoms with Crippen LogP contribution in [0.3, 0.4) is 0 Å². The molecule has 0 amide bonds. The number of aliphatic carboxylic acids is 1. The van der Waals surface area contributed by atoms with Crippen LogP contribution in [0.4, 0.5) is 0 Å². The van der Waals surface area contributed by atoms with Crippen molar-refractivity contribution in [1.82, 2.24) is 15.1 Å². The highest BCUT2D eigenvalue weighted by molar-refractivity contribution is 8.00. The molecule has 0 aromatic carbocycles. The summed E-state index contributed by atoms with van der Waals surface area (Å²) in [6.45, 7) is 1.92. The third-order valence-electron chi connectivity index (χ3n) is 2.11. The molecule has 0 bridgehead atoms. The molecule has 2 heterocycles. The van der Waals surface area contributed by atoms with Crippen molar-refractivity contribution in [2.24, 2.45) is 0 Å². The standard InChI is InChI=1S/C11H11N3O3S/c1-2-8-13-10(14-17-8)7-4-3-5-12-11(7)18-6-9(15)16/h3-5H,2,6H2,1H3,(H,15,16). The Bertz CT molecular complexity index is 556. The van der Waals surface area contributed by atoms with Crippen molar-refractivity contribution in [2.75, 3.05) is 5.75 Å². The lowest BCUT2D eigenvalue weighted by Gasteiger charge is -2.02. The Morgan fingerprint density at radius 2 is 2.39 bits per heavy atom. The zero-order valence-corrected chi connectivity index (χ0v) is 10.5. The monoisotopic (exact) mass is 265 g/mol. The molecule has 2 aromatic heterocycles. The van der Waals surface area contributed by atoms with Crippen LogP contribution in [0.25, 0.3) is 11.4 Å². The Balaban J connectivity index is 2.29. The van der Waals surface area contributed by atoms with Crippen molar-refractivity contribution in [3.05, 3.63) is 24.2 Å². The van der Waals surface area contributed by atoms with Gasteiger partial charge >= 0.3 is 5.97 Å². The summed E-state index contributed by atoms with van der Waals surface area (Å²) in [5.74, 6) is 0.0394. The van der Waals surface area contributed by atoms with Gasteiger partial charge in [-0.2, -0.15) is 4.98 Å². The Morgan fingerprint density at radius 3 is 3.06 bits per heavy atom. The second-order valence-corrected chi connectivity index (χ2v) is 4.37. The van der Waals surface area contributed by atoms with Gasteiger partial charge in [0, 0.05) is 12.6 Å². The molecule has 0 aliphatic heterocycles. The second-order valence-electron chi connectivity index (χ2n) is 3.40. The van der Waals surface area contributed by atoms with Crippen molar-refractivity contribution in [1.29, 1.82) is 0 Å². The van der Waals surface area contributed by atoms with Gasteiger partial charge in [0.05, 0.1) is 11.3 Å². The topological polar surface area (TPSA) is 89.1 Å². The van der Waals surface area contributed by atoms with Crippen LogP contribution in [-0.2, 0) is 11.2 Å². The maximum atomic E-state index is 10.6. The van der Waals surface area contributed by atoms with Gasteiger partial charge in [-0.25, -0.2) is 4.98 Å². The van der Waals surface area contributed by atoms with E-state index in [0.29, 0.717) is 28.7 Å². The van der Waals surface area contributed by atoms with E-state index in [-0.39, 0.29) is 5.75 Å². The first-order valence-corrected chi connectivity index (χ1v) is 6.32. The molecule has 7 heteroatoms. The van der Waals surface area contributed by atoms with Gasteiger partial charge in [-0.15, -0.1) is 0 Å². The summed E-state index contributed by atoms with van der Waals surface area (Å²) in [5, 5.41) is 13.1. The van der Waals surface area contributed by atoms with E-state index in [1.54, 1.807) is 18.3 Å². The first-order chi connectivity index (χ1) is 8.70. The quantitative estimate of drug-likeness (QED) is 0.825. The van der Waals surface area contributed by atoms with Gasteiger partial charge in [0.25, 0.3) is 0 Å². The Hall–Kier alpha value is -1.89. The summed E-state index contributed by atoms with van der Waals surface area (Å²) in [7, 11) is 0. The summed E-state index contributed by atoms with van der Waals surface area (Å²) in [5.41, 5.74) is 0.687. The van der Waals surface area contributed by atoms with E-state index in [1.807, 2.05) is 6.92 Å². The minimum Gasteiger partial charge on any atom is -0.481 e. The van der Waals surface area contributed by atoms with E-state index < -0.39 is 5.97 Å². The minimum atomic E-state index is -0.890.